The summed E-state index contributed by atoms with van der Waals surface area (Å²) in [5, 5.41) is 0.772. The highest BCUT2D eigenvalue weighted by Crippen LogP contribution is 2.37. The molecule has 0 saturated heterocycles. The number of fused-ring (bicyclic) bond motifs is 1. The summed E-state index contributed by atoms with van der Waals surface area (Å²) in [4.78, 5) is 22.2. The Morgan fingerprint density at radius 2 is 1.83 bits per heavy atom. The number of primary amides is 1. The van der Waals surface area contributed by atoms with Crippen LogP contribution < -0.4 is 5.73 Å². The number of hydrogen-bond acceptors (Lipinski definition) is 4. The van der Waals surface area contributed by atoms with Crippen LogP contribution in [-0.2, 0) is 0 Å². The lowest BCUT2D eigenvalue weighted by Gasteiger charge is -2.22. The minimum absolute atomic E-state index is 0.452. The fourth-order valence-corrected chi connectivity index (χ4v) is 5.53. The summed E-state index contributed by atoms with van der Waals surface area (Å²) in [6.45, 7) is 2.00. The van der Waals surface area contributed by atoms with Crippen LogP contribution in [0.3, 0.4) is 0 Å². The van der Waals surface area contributed by atoms with Crippen molar-refractivity contribution in [3.63, 3.8) is 0 Å². The van der Waals surface area contributed by atoms with Crippen LogP contribution in [0.2, 0.25) is 0 Å². The van der Waals surface area contributed by atoms with Crippen LogP contribution in [-0.4, -0.2) is 20.3 Å². The van der Waals surface area contributed by atoms with Gasteiger partial charge in [0, 0.05) is 11.8 Å². The normalized spacial score (nSPS) is 15.0. The maximum Gasteiger partial charge on any atom is 0.261 e. The van der Waals surface area contributed by atoms with Crippen LogP contribution in [0.4, 0.5) is 0 Å². The standard InChI is InChI=1S/C24H24N4OS/c1-15-21(24-27-20(22(30-24)23(25)29)17-10-6-3-7-11-17)28-14-18(12-13-19(28)26-15)16-8-4-2-5-9-16/h3,6-7,10-14,16H,2,4-5,8-9H2,1H3,(H2,25,29). The van der Waals surface area contributed by atoms with Gasteiger partial charge in [0.2, 0.25) is 0 Å². The summed E-state index contributed by atoms with van der Waals surface area (Å²) < 4.78 is 2.14. The number of carbonyl (C=O) groups is 1. The van der Waals surface area contributed by atoms with Crippen molar-refractivity contribution in [3.8, 4) is 22.0 Å². The van der Waals surface area contributed by atoms with Crippen LogP contribution >= 0.6 is 11.3 Å². The second-order valence-corrected chi connectivity index (χ2v) is 9.00. The molecule has 152 valence electrons. The summed E-state index contributed by atoms with van der Waals surface area (Å²) in [7, 11) is 0. The van der Waals surface area contributed by atoms with Crippen LogP contribution in [0.15, 0.2) is 48.7 Å². The number of thiazole rings is 1. The van der Waals surface area contributed by atoms with E-state index in [9.17, 15) is 4.79 Å². The van der Waals surface area contributed by atoms with Crippen molar-refractivity contribution in [1.82, 2.24) is 14.4 Å². The molecule has 0 bridgehead atoms. The third-order valence-electron chi connectivity index (χ3n) is 5.99. The SMILES string of the molecule is Cc1nc2ccc(C3CCCCC3)cn2c1-c1nc(-c2ccccc2)c(C(N)=O)s1. The van der Waals surface area contributed by atoms with Gasteiger partial charge in [-0.25, -0.2) is 9.97 Å². The molecular formula is C24H24N4OS. The Kier molecular flexibility index (Phi) is 4.87. The predicted octanol–water partition coefficient (Wildman–Crippen LogP) is 5.58. The molecule has 5 nitrogen and oxygen atoms in total. The summed E-state index contributed by atoms with van der Waals surface area (Å²) in [5.41, 5.74) is 11.3. The topological polar surface area (TPSA) is 73.3 Å². The first-order valence-corrected chi connectivity index (χ1v) is 11.3. The van der Waals surface area contributed by atoms with Crippen molar-refractivity contribution in [2.45, 2.75) is 44.9 Å². The molecule has 4 aromatic rings. The quantitative estimate of drug-likeness (QED) is 0.472. The van der Waals surface area contributed by atoms with E-state index in [0.717, 1.165) is 27.6 Å². The summed E-state index contributed by atoms with van der Waals surface area (Å²) >= 11 is 1.34. The summed E-state index contributed by atoms with van der Waals surface area (Å²) in [6.07, 6.45) is 8.64. The maximum atomic E-state index is 12.2. The van der Waals surface area contributed by atoms with Gasteiger partial charge in [-0.2, -0.15) is 0 Å². The van der Waals surface area contributed by atoms with E-state index < -0.39 is 5.91 Å². The summed E-state index contributed by atoms with van der Waals surface area (Å²) in [6, 6.07) is 14.0. The molecule has 1 aliphatic carbocycles. The molecule has 3 heterocycles. The van der Waals surface area contributed by atoms with E-state index in [0.29, 0.717) is 16.5 Å². The zero-order valence-electron chi connectivity index (χ0n) is 17.0. The van der Waals surface area contributed by atoms with Gasteiger partial charge in [0.1, 0.15) is 21.2 Å². The molecule has 3 aromatic heterocycles. The Morgan fingerprint density at radius 3 is 2.57 bits per heavy atom. The largest absolute Gasteiger partial charge is 0.365 e. The van der Waals surface area contributed by atoms with Crippen LogP contribution in [0.5, 0.6) is 0 Å². The number of aromatic nitrogens is 3. The van der Waals surface area contributed by atoms with E-state index in [-0.39, 0.29) is 0 Å². The second-order valence-electron chi connectivity index (χ2n) is 8.00. The number of amides is 1. The van der Waals surface area contributed by atoms with Crippen LogP contribution in [0.25, 0.3) is 27.6 Å². The van der Waals surface area contributed by atoms with Crippen molar-refractivity contribution in [3.05, 3.63) is 64.8 Å². The van der Waals surface area contributed by atoms with E-state index in [4.69, 9.17) is 15.7 Å². The fourth-order valence-electron chi connectivity index (χ4n) is 4.49. The smallest absolute Gasteiger partial charge is 0.261 e. The highest BCUT2D eigenvalue weighted by molar-refractivity contribution is 7.17. The van der Waals surface area contributed by atoms with Gasteiger partial charge in [0.25, 0.3) is 5.91 Å². The van der Waals surface area contributed by atoms with Crippen molar-refractivity contribution < 1.29 is 4.79 Å². The first kappa shape index (κ1) is 19.0. The number of pyridine rings is 1. The van der Waals surface area contributed by atoms with Crippen molar-refractivity contribution in [1.29, 1.82) is 0 Å². The molecule has 0 atom stereocenters. The number of nitrogens with zero attached hydrogens (tertiary/aromatic N) is 3. The van der Waals surface area contributed by atoms with Crippen molar-refractivity contribution in [2.24, 2.45) is 5.73 Å². The molecule has 1 aromatic carbocycles. The molecule has 5 rings (SSSR count). The number of hydrogen-bond donors (Lipinski definition) is 1. The minimum Gasteiger partial charge on any atom is -0.365 e. The van der Waals surface area contributed by atoms with Gasteiger partial charge in [-0.05, 0) is 37.3 Å². The number of aryl methyl sites for hydroxylation is 1. The number of carbonyl (C=O) groups excluding carboxylic acids is 1. The maximum absolute atomic E-state index is 12.2. The molecule has 1 saturated carbocycles. The van der Waals surface area contributed by atoms with Crippen molar-refractivity contribution in [2.75, 3.05) is 0 Å². The first-order chi connectivity index (χ1) is 14.6. The second kappa shape index (κ2) is 7.69. The van der Waals surface area contributed by atoms with Crippen LogP contribution in [0, 0.1) is 6.92 Å². The average Bonchev–Trinajstić information content (AvgIpc) is 3.35. The highest BCUT2D eigenvalue weighted by Gasteiger charge is 2.23. The summed E-state index contributed by atoms with van der Waals surface area (Å²) in [5.74, 6) is 0.156. The molecule has 6 heteroatoms. The molecule has 1 amide bonds. The van der Waals surface area contributed by atoms with E-state index in [1.54, 1.807) is 0 Å². The van der Waals surface area contributed by atoms with E-state index >= 15 is 0 Å². The van der Waals surface area contributed by atoms with E-state index in [1.165, 1.54) is 49.0 Å². The Bertz CT molecular complexity index is 1220. The molecular weight excluding hydrogens is 392 g/mol. The molecule has 1 aliphatic rings. The molecule has 0 unspecified atom stereocenters. The monoisotopic (exact) mass is 416 g/mol. The third kappa shape index (κ3) is 3.31. The number of nitrogens with two attached hydrogens (primary N) is 1. The fraction of sp³-hybridized carbons (Fsp3) is 0.292. The molecule has 1 fully saturated rings. The minimum atomic E-state index is -0.452. The Morgan fingerprint density at radius 1 is 1.07 bits per heavy atom. The van der Waals surface area contributed by atoms with Gasteiger partial charge in [-0.3, -0.25) is 9.20 Å². The lowest BCUT2D eigenvalue weighted by Crippen LogP contribution is -2.10. The van der Waals surface area contributed by atoms with E-state index in [2.05, 4.69) is 22.7 Å². The van der Waals surface area contributed by atoms with Gasteiger partial charge in [-0.1, -0.05) is 55.7 Å². The molecule has 0 spiro atoms. The Balaban J connectivity index is 1.65. The van der Waals surface area contributed by atoms with Gasteiger partial charge < -0.3 is 5.73 Å². The van der Waals surface area contributed by atoms with Crippen LogP contribution in [0.1, 0.15) is 59.0 Å². The zero-order chi connectivity index (χ0) is 20.7. The zero-order valence-corrected chi connectivity index (χ0v) is 17.8. The molecule has 2 N–H and O–H groups in total. The van der Waals surface area contributed by atoms with Gasteiger partial charge in [0.05, 0.1) is 11.4 Å². The highest BCUT2D eigenvalue weighted by atomic mass is 32.1. The van der Waals surface area contributed by atoms with Gasteiger partial charge >= 0.3 is 0 Å². The molecule has 0 radical (unpaired) electrons. The Labute approximate surface area is 179 Å². The average molecular weight is 417 g/mol. The lowest BCUT2D eigenvalue weighted by molar-refractivity contribution is 0.100. The molecule has 0 aliphatic heterocycles. The number of rotatable bonds is 4. The predicted molar refractivity (Wildman–Crippen MR) is 121 cm³/mol. The van der Waals surface area contributed by atoms with Crippen molar-refractivity contribution >= 4 is 22.9 Å². The number of benzene rings is 1. The third-order valence-corrected chi connectivity index (χ3v) is 7.07. The lowest BCUT2D eigenvalue weighted by atomic mass is 9.85. The Hall–Kier alpha value is -2.99. The number of imidazole rings is 1. The molecule has 30 heavy (non-hydrogen) atoms. The van der Waals surface area contributed by atoms with Gasteiger partial charge in [0.15, 0.2) is 0 Å². The van der Waals surface area contributed by atoms with Gasteiger partial charge in [-0.15, -0.1) is 11.3 Å². The van der Waals surface area contributed by atoms with E-state index in [1.807, 2.05) is 37.3 Å². The first-order valence-electron chi connectivity index (χ1n) is 10.5.